The van der Waals surface area contributed by atoms with Gasteiger partial charge in [0.05, 0.1) is 31.9 Å². The molecule has 2 aromatic rings. The Morgan fingerprint density at radius 1 is 1.06 bits per heavy atom. The number of carbonyl (C=O) groups is 2. The lowest BCUT2D eigenvalue weighted by Crippen LogP contribution is -2.32. The van der Waals surface area contributed by atoms with Crippen LogP contribution in [0.5, 0.6) is 17.2 Å². The number of aliphatic hydroxyl groups is 1. The molecule has 0 bridgehead atoms. The van der Waals surface area contributed by atoms with Crippen molar-refractivity contribution in [3.8, 4) is 17.2 Å². The SMILES string of the molecule is COc1cccc([C@@H]2C(=C(O)c3ccc(OC(C)C)cc3)C(=O)C(=O)N2CCCN(C)C)c1OC. The van der Waals surface area contributed by atoms with Crippen LogP contribution in [0.1, 0.15) is 37.4 Å². The molecule has 1 saturated heterocycles. The van der Waals surface area contributed by atoms with E-state index in [2.05, 4.69) is 0 Å². The highest BCUT2D eigenvalue weighted by molar-refractivity contribution is 6.46. The highest BCUT2D eigenvalue weighted by atomic mass is 16.5. The van der Waals surface area contributed by atoms with E-state index in [0.29, 0.717) is 41.3 Å². The lowest BCUT2D eigenvalue weighted by Gasteiger charge is -2.27. The van der Waals surface area contributed by atoms with Crippen molar-refractivity contribution in [1.29, 1.82) is 0 Å². The number of nitrogens with zero attached hydrogens (tertiary/aromatic N) is 2. The summed E-state index contributed by atoms with van der Waals surface area (Å²) in [5.74, 6) is -0.106. The Labute approximate surface area is 206 Å². The number of hydrogen-bond donors (Lipinski definition) is 1. The van der Waals surface area contributed by atoms with E-state index in [4.69, 9.17) is 14.2 Å². The molecule has 8 nitrogen and oxygen atoms in total. The fraction of sp³-hybridized carbons (Fsp3) is 0.407. The van der Waals surface area contributed by atoms with E-state index in [-0.39, 0.29) is 17.4 Å². The van der Waals surface area contributed by atoms with Crippen LogP contribution < -0.4 is 14.2 Å². The van der Waals surface area contributed by atoms with Crippen molar-refractivity contribution in [2.24, 2.45) is 0 Å². The van der Waals surface area contributed by atoms with Crippen LogP contribution in [-0.2, 0) is 9.59 Å². The highest BCUT2D eigenvalue weighted by Crippen LogP contribution is 2.45. The molecule has 188 valence electrons. The van der Waals surface area contributed by atoms with E-state index in [1.165, 1.54) is 19.1 Å². The molecule has 1 heterocycles. The summed E-state index contributed by atoms with van der Waals surface area (Å²) >= 11 is 0. The molecule has 1 N–H and O–H groups in total. The number of methoxy groups -OCH3 is 2. The largest absolute Gasteiger partial charge is 0.507 e. The number of amides is 1. The molecule has 1 amide bonds. The molecule has 1 aliphatic rings. The monoisotopic (exact) mass is 482 g/mol. The van der Waals surface area contributed by atoms with Gasteiger partial charge in [0, 0.05) is 17.7 Å². The van der Waals surface area contributed by atoms with Crippen molar-refractivity contribution in [3.05, 3.63) is 59.2 Å². The van der Waals surface area contributed by atoms with E-state index in [0.717, 1.165) is 6.54 Å². The number of rotatable bonds is 10. The molecule has 2 aromatic carbocycles. The van der Waals surface area contributed by atoms with Gasteiger partial charge in [-0.05, 0) is 71.2 Å². The number of ether oxygens (including phenoxy) is 3. The molecule has 3 rings (SSSR count). The average Bonchev–Trinajstić information content (AvgIpc) is 3.07. The number of ketones is 1. The second-order valence-corrected chi connectivity index (χ2v) is 8.92. The molecule has 35 heavy (non-hydrogen) atoms. The minimum Gasteiger partial charge on any atom is -0.507 e. The van der Waals surface area contributed by atoms with Crippen LogP contribution in [0.4, 0.5) is 0 Å². The maximum Gasteiger partial charge on any atom is 0.295 e. The van der Waals surface area contributed by atoms with Gasteiger partial charge >= 0.3 is 0 Å². The smallest absolute Gasteiger partial charge is 0.295 e. The van der Waals surface area contributed by atoms with Gasteiger partial charge < -0.3 is 29.1 Å². The summed E-state index contributed by atoms with van der Waals surface area (Å²) in [6.45, 7) is 4.92. The number of likely N-dealkylation sites (tertiary alicyclic amines) is 1. The van der Waals surface area contributed by atoms with Crippen LogP contribution in [0.2, 0.25) is 0 Å². The van der Waals surface area contributed by atoms with Crippen molar-refractivity contribution in [3.63, 3.8) is 0 Å². The molecule has 1 atom stereocenters. The molecule has 1 aliphatic heterocycles. The lowest BCUT2D eigenvalue weighted by atomic mass is 9.94. The summed E-state index contributed by atoms with van der Waals surface area (Å²) in [5, 5.41) is 11.3. The van der Waals surface area contributed by atoms with E-state index >= 15 is 0 Å². The quantitative estimate of drug-likeness (QED) is 0.312. The standard InChI is InChI=1S/C27H34N2O6/c1-17(2)35-19-13-11-18(12-14-19)24(30)22-23(20-9-7-10-21(33-5)26(20)34-6)29(27(32)25(22)31)16-8-15-28(3)4/h7,9-14,17,23,30H,8,15-16H2,1-6H3/t23-/m1/s1. The summed E-state index contributed by atoms with van der Waals surface area (Å²) < 4.78 is 16.8. The molecular weight excluding hydrogens is 448 g/mol. The molecule has 0 radical (unpaired) electrons. The molecule has 0 aromatic heterocycles. The number of aliphatic hydroxyl groups excluding tert-OH is 1. The minimum absolute atomic E-state index is 0.00228. The normalized spacial score (nSPS) is 17.4. The van der Waals surface area contributed by atoms with Crippen LogP contribution >= 0.6 is 0 Å². The van der Waals surface area contributed by atoms with Gasteiger partial charge in [0.15, 0.2) is 11.5 Å². The molecule has 0 saturated carbocycles. The molecule has 8 heteroatoms. The number of para-hydroxylation sites is 1. The predicted molar refractivity (Wildman–Crippen MR) is 134 cm³/mol. The fourth-order valence-corrected chi connectivity index (χ4v) is 4.24. The summed E-state index contributed by atoms with van der Waals surface area (Å²) in [6.07, 6.45) is 0.659. The highest BCUT2D eigenvalue weighted by Gasteiger charge is 2.47. The Morgan fingerprint density at radius 2 is 1.74 bits per heavy atom. The van der Waals surface area contributed by atoms with E-state index < -0.39 is 17.7 Å². The number of hydrogen-bond acceptors (Lipinski definition) is 7. The van der Waals surface area contributed by atoms with Gasteiger partial charge in [0.25, 0.3) is 11.7 Å². The van der Waals surface area contributed by atoms with Crippen molar-refractivity contribution in [2.75, 3.05) is 41.4 Å². The van der Waals surface area contributed by atoms with Gasteiger partial charge in [-0.2, -0.15) is 0 Å². The van der Waals surface area contributed by atoms with Crippen LogP contribution in [0.25, 0.3) is 5.76 Å². The first-order valence-electron chi connectivity index (χ1n) is 11.6. The van der Waals surface area contributed by atoms with Gasteiger partial charge in [-0.3, -0.25) is 9.59 Å². The first kappa shape index (κ1) is 26.1. The number of benzene rings is 2. The Morgan fingerprint density at radius 3 is 2.31 bits per heavy atom. The third-order valence-electron chi connectivity index (χ3n) is 5.77. The van der Waals surface area contributed by atoms with Gasteiger partial charge in [0.1, 0.15) is 11.5 Å². The Kier molecular flexibility index (Phi) is 8.40. The Balaban J connectivity index is 2.14. The van der Waals surface area contributed by atoms with Crippen molar-refractivity contribution >= 4 is 17.4 Å². The summed E-state index contributed by atoms with van der Waals surface area (Å²) in [4.78, 5) is 29.9. The maximum absolute atomic E-state index is 13.3. The molecule has 0 unspecified atom stereocenters. The zero-order valence-electron chi connectivity index (χ0n) is 21.2. The third-order valence-corrected chi connectivity index (χ3v) is 5.77. The first-order chi connectivity index (χ1) is 16.7. The zero-order chi connectivity index (χ0) is 25.7. The van der Waals surface area contributed by atoms with E-state index in [9.17, 15) is 14.7 Å². The van der Waals surface area contributed by atoms with Gasteiger partial charge in [-0.15, -0.1) is 0 Å². The Hall–Kier alpha value is -3.52. The first-order valence-corrected chi connectivity index (χ1v) is 11.6. The summed E-state index contributed by atoms with van der Waals surface area (Å²) in [5.41, 5.74) is 1.00. The molecule has 0 spiro atoms. The number of Topliss-reactive ketones (excluding diaryl/α,β-unsaturated/α-hetero) is 1. The topological polar surface area (TPSA) is 88.5 Å². The molecule has 1 fully saturated rings. The van der Waals surface area contributed by atoms with E-state index in [1.54, 1.807) is 42.5 Å². The van der Waals surface area contributed by atoms with Crippen LogP contribution in [0.3, 0.4) is 0 Å². The van der Waals surface area contributed by atoms with Crippen LogP contribution in [-0.4, -0.2) is 74.1 Å². The summed E-state index contributed by atoms with van der Waals surface area (Å²) in [6, 6.07) is 11.3. The third kappa shape index (κ3) is 5.59. The van der Waals surface area contributed by atoms with Crippen molar-refractivity contribution < 1.29 is 28.9 Å². The predicted octanol–water partition coefficient (Wildman–Crippen LogP) is 3.86. The van der Waals surface area contributed by atoms with Crippen LogP contribution in [0.15, 0.2) is 48.0 Å². The minimum atomic E-state index is -0.825. The lowest BCUT2D eigenvalue weighted by molar-refractivity contribution is -0.140. The molecule has 0 aliphatic carbocycles. The second kappa shape index (κ2) is 11.3. The maximum atomic E-state index is 13.3. The van der Waals surface area contributed by atoms with Crippen molar-refractivity contribution in [2.45, 2.75) is 32.4 Å². The van der Waals surface area contributed by atoms with E-state index in [1.807, 2.05) is 32.8 Å². The van der Waals surface area contributed by atoms with Gasteiger partial charge in [-0.25, -0.2) is 0 Å². The van der Waals surface area contributed by atoms with Gasteiger partial charge in [0.2, 0.25) is 0 Å². The fourth-order valence-electron chi connectivity index (χ4n) is 4.24. The van der Waals surface area contributed by atoms with Gasteiger partial charge in [-0.1, -0.05) is 12.1 Å². The molecular formula is C27H34N2O6. The second-order valence-electron chi connectivity index (χ2n) is 8.92. The average molecular weight is 483 g/mol. The number of carbonyl (C=O) groups excluding carboxylic acids is 2. The summed E-state index contributed by atoms with van der Waals surface area (Å²) in [7, 11) is 6.93. The zero-order valence-corrected chi connectivity index (χ0v) is 21.2. The van der Waals surface area contributed by atoms with Crippen LogP contribution in [0, 0.1) is 0 Å². The van der Waals surface area contributed by atoms with Crippen molar-refractivity contribution in [1.82, 2.24) is 9.80 Å². The Bertz CT molecular complexity index is 1090.